The lowest BCUT2D eigenvalue weighted by Gasteiger charge is -2.63. The second kappa shape index (κ2) is 11.3. The van der Waals surface area contributed by atoms with Gasteiger partial charge in [0.25, 0.3) is 10.0 Å². The van der Waals surface area contributed by atoms with Gasteiger partial charge in [-0.3, -0.25) is 4.79 Å². The Bertz CT molecular complexity index is 1360. The standard InChI is InChI=1S/C33H49N5O3S/c1-5-22-20-25-28-15-14-26(33(28,4)19-17-29(25)32(3)18-7-6-8-27(22)32)21(2)9-16-30(39)36-42(40,41)24-12-10-23(11-13-24)31-34-37-38-35-31/h10-13,21-22,25-29H,5-9,14-20H2,1-4H3,(H,36,39)(H,34,35,37,38)/t21-,22+,25?,26-,27+,28?,29?,32+,33-/m1/s1. The van der Waals surface area contributed by atoms with Gasteiger partial charge in [-0.15, -0.1) is 10.2 Å². The van der Waals surface area contributed by atoms with E-state index >= 15 is 0 Å². The fraction of sp³-hybridized carbons (Fsp3) is 0.758. The molecular formula is C33H49N5O3S. The molecule has 42 heavy (non-hydrogen) atoms. The van der Waals surface area contributed by atoms with Crippen LogP contribution in [0.1, 0.15) is 105 Å². The second-order valence-electron chi connectivity index (χ2n) is 14.7. The third-order valence-corrected chi connectivity index (χ3v) is 14.3. The largest absolute Gasteiger partial charge is 0.274 e. The minimum Gasteiger partial charge on any atom is -0.274 e. The summed E-state index contributed by atoms with van der Waals surface area (Å²) in [5.41, 5.74) is 1.51. The highest BCUT2D eigenvalue weighted by Gasteiger charge is 2.61. The second-order valence-corrected chi connectivity index (χ2v) is 16.4. The van der Waals surface area contributed by atoms with Crippen LogP contribution in [0.5, 0.6) is 0 Å². The number of nitrogens with one attached hydrogen (secondary N) is 2. The maximum absolute atomic E-state index is 12.9. The van der Waals surface area contributed by atoms with E-state index in [-0.39, 0.29) is 11.3 Å². The summed E-state index contributed by atoms with van der Waals surface area (Å²) >= 11 is 0. The van der Waals surface area contributed by atoms with Crippen molar-refractivity contribution in [3.63, 3.8) is 0 Å². The molecule has 1 heterocycles. The van der Waals surface area contributed by atoms with Gasteiger partial charge in [-0.25, -0.2) is 13.1 Å². The molecule has 3 unspecified atom stereocenters. The van der Waals surface area contributed by atoms with Crippen LogP contribution in [0, 0.1) is 52.3 Å². The van der Waals surface area contributed by atoms with Crippen LogP contribution < -0.4 is 4.72 Å². The number of benzene rings is 1. The van der Waals surface area contributed by atoms with Gasteiger partial charge in [-0.2, -0.15) is 5.21 Å². The summed E-state index contributed by atoms with van der Waals surface area (Å²) in [5, 5.41) is 13.7. The van der Waals surface area contributed by atoms with Crippen LogP contribution in [-0.4, -0.2) is 34.9 Å². The number of H-pyrrole nitrogens is 1. The zero-order valence-electron chi connectivity index (χ0n) is 25.8. The fourth-order valence-electron chi connectivity index (χ4n) is 10.9. The molecule has 6 rings (SSSR count). The molecule has 4 aliphatic carbocycles. The van der Waals surface area contributed by atoms with Gasteiger partial charge < -0.3 is 0 Å². The van der Waals surface area contributed by atoms with Gasteiger partial charge in [0.1, 0.15) is 0 Å². The number of hydrogen-bond acceptors (Lipinski definition) is 6. The number of fused-ring (bicyclic) bond motifs is 5. The molecule has 1 aromatic carbocycles. The number of hydrogen-bond donors (Lipinski definition) is 2. The van der Waals surface area contributed by atoms with Crippen molar-refractivity contribution in [2.45, 2.75) is 110 Å². The van der Waals surface area contributed by atoms with Crippen molar-refractivity contribution in [2.75, 3.05) is 0 Å². The average molecular weight is 596 g/mol. The monoisotopic (exact) mass is 595 g/mol. The van der Waals surface area contributed by atoms with Crippen LogP contribution in [0.2, 0.25) is 0 Å². The summed E-state index contributed by atoms with van der Waals surface area (Å²) in [6.07, 6.45) is 14.7. The summed E-state index contributed by atoms with van der Waals surface area (Å²) in [6.45, 7) is 9.97. The van der Waals surface area contributed by atoms with Crippen molar-refractivity contribution in [1.29, 1.82) is 0 Å². The molecule has 2 N–H and O–H groups in total. The SMILES string of the molecule is CC[C@H]1CC2C3CC[C@H]([C@H](C)CCC(=O)NS(=O)(=O)c4ccc(-c5nn[nH]n5)cc4)[C@@]3(C)CCC2[C@@]2(C)CCCC[C@@H]12. The van der Waals surface area contributed by atoms with E-state index in [2.05, 4.69) is 53.0 Å². The molecule has 9 heteroatoms. The Morgan fingerprint density at radius 1 is 1.02 bits per heavy atom. The van der Waals surface area contributed by atoms with Crippen molar-refractivity contribution in [3.8, 4) is 11.4 Å². The summed E-state index contributed by atoms with van der Waals surface area (Å²) in [4.78, 5) is 12.9. The van der Waals surface area contributed by atoms with Crippen LogP contribution in [-0.2, 0) is 14.8 Å². The zero-order chi connectivity index (χ0) is 29.7. The predicted molar refractivity (Wildman–Crippen MR) is 162 cm³/mol. The number of tetrazole rings is 1. The van der Waals surface area contributed by atoms with Crippen LogP contribution in [0.25, 0.3) is 11.4 Å². The van der Waals surface area contributed by atoms with Crippen molar-refractivity contribution in [2.24, 2.45) is 52.3 Å². The molecule has 230 valence electrons. The Kier molecular flexibility index (Phi) is 8.03. The number of carbonyl (C=O) groups is 1. The molecule has 4 saturated carbocycles. The smallest absolute Gasteiger partial charge is 0.264 e. The van der Waals surface area contributed by atoms with E-state index in [1.54, 1.807) is 12.1 Å². The Hall–Kier alpha value is -2.29. The highest BCUT2D eigenvalue weighted by Crippen LogP contribution is 2.69. The molecule has 1 amide bonds. The summed E-state index contributed by atoms with van der Waals surface area (Å²) in [7, 11) is -3.94. The number of amides is 1. The van der Waals surface area contributed by atoms with Gasteiger partial charge in [-0.1, -0.05) is 47.0 Å². The topological polar surface area (TPSA) is 118 Å². The van der Waals surface area contributed by atoms with E-state index in [9.17, 15) is 13.2 Å². The highest BCUT2D eigenvalue weighted by atomic mass is 32.2. The molecule has 2 aromatic rings. The van der Waals surface area contributed by atoms with Crippen molar-refractivity contribution in [3.05, 3.63) is 24.3 Å². The van der Waals surface area contributed by atoms with Crippen molar-refractivity contribution < 1.29 is 13.2 Å². The maximum atomic E-state index is 12.9. The minimum absolute atomic E-state index is 0.0471. The van der Waals surface area contributed by atoms with E-state index < -0.39 is 15.9 Å². The van der Waals surface area contributed by atoms with Gasteiger partial charge in [0, 0.05) is 12.0 Å². The summed E-state index contributed by atoms with van der Waals surface area (Å²) in [5.74, 6) is 5.29. The number of rotatable bonds is 8. The number of sulfonamides is 1. The van der Waals surface area contributed by atoms with E-state index in [1.807, 2.05) is 0 Å². The van der Waals surface area contributed by atoms with Crippen LogP contribution in [0.15, 0.2) is 29.2 Å². The van der Waals surface area contributed by atoms with Crippen molar-refractivity contribution in [1.82, 2.24) is 25.3 Å². The first-order valence-corrected chi connectivity index (χ1v) is 17.9. The third-order valence-electron chi connectivity index (χ3n) is 12.9. The summed E-state index contributed by atoms with van der Waals surface area (Å²) in [6, 6.07) is 6.15. The first-order chi connectivity index (χ1) is 20.1. The lowest BCUT2D eigenvalue weighted by molar-refractivity contribution is -0.138. The Balaban J connectivity index is 1.08. The van der Waals surface area contributed by atoms with Gasteiger partial charge in [0.05, 0.1) is 4.90 Å². The number of aromatic nitrogens is 4. The van der Waals surface area contributed by atoms with E-state index in [4.69, 9.17) is 0 Å². The molecule has 1 aromatic heterocycles. The van der Waals surface area contributed by atoms with E-state index in [0.717, 1.165) is 36.0 Å². The Morgan fingerprint density at radius 2 is 1.79 bits per heavy atom. The van der Waals surface area contributed by atoms with Gasteiger partial charge in [0.2, 0.25) is 11.7 Å². The molecule has 0 aliphatic heterocycles. The molecule has 4 aliphatic rings. The van der Waals surface area contributed by atoms with Gasteiger partial charge >= 0.3 is 0 Å². The molecular weight excluding hydrogens is 546 g/mol. The fourth-order valence-corrected chi connectivity index (χ4v) is 11.9. The molecule has 0 spiro atoms. The Morgan fingerprint density at radius 3 is 2.50 bits per heavy atom. The summed E-state index contributed by atoms with van der Waals surface area (Å²) < 4.78 is 28.1. The van der Waals surface area contributed by atoms with Crippen molar-refractivity contribution >= 4 is 15.9 Å². The molecule has 0 saturated heterocycles. The molecule has 8 nitrogen and oxygen atoms in total. The van der Waals surface area contributed by atoms with Crippen LogP contribution >= 0.6 is 0 Å². The first kappa shape index (κ1) is 29.8. The highest BCUT2D eigenvalue weighted by molar-refractivity contribution is 7.90. The zero-order valence-corrected chi connectivity index (χ0v) is 26.6. The average Bonchev–Trinajstić information content (AvgIpc) is 3.63. The first-order valence-electron chi connectivity index (χ1n) is 16.5. The third kappa shape index (κ3) is 5.11. The lowest BCUT2D eigenvalue weighted by Crippen LogP contribution is -2.55. The minimum atomic E-state index is -3.94. The van der Waals surface area contributed by atoms with Crippen LogP contribution in [0.4, 0.5) is 0 Å². The van der Waals surface area contributed by atoms with Gasteiger partial charge in [-0.05, 0) is 133 Å². The van der Waals surface area contributed by atoms with Gasteiger partial charge in [0.15, 0.2) is 0 Å². The lowest BCUT2D eigenvalue weighted by atomic mass is 9.42. The predicted octanol–water partition coefficient (Wildman–Crippen LogP) is 6.77. The molecule has 4 fully saturated rings. The Labute approximate surface area is 251 Å². The number of aromatic amines is 1. The molecule has 0 radical (unpaired) electrons. The number of nitrogens with zero attached hydrogens (tertiary/aromatic N) is 3. The quantitative estimate of drug-likeness (QED) is 0.348. The molecule has 0 bridgehead atoms. The maximum Gasteiger partial charge on any atom is 0.264 e. The van der Waals surface area contributed by atoms with E-state index in [0.29, 0.717) is 34.1 Å². The molecule has 9 atom stereocenters. The van der Waals surface area contributed by atoms with E-state index in [1.165, 1.54) is 76.3 Å². The number of carbonyl (C=O) groups excluding carboxylic acids is 1. The van der Waals surface area contributed by atoms with Crippen LogP contribution in [0.3, 0.4) is 0 Å². The normalized spacial score (nSPS) is 36.9.